The number of nitrogens with two attached hydrogens (primary N) is 6. The van der Waals surface area contributed by atoms with E-state index in [-0.39, 0.29) is 25.9 Å². The van der Waals surface area contributed by atoms with Crippen LogP contribution < -0.4 is 39.7 Å². The fraction of sp³-hybridized carbons (Fsp3) is 0.963. The van der Waals surface area contributed by atoms with Crippen molar-refractivity contribution in [2.45, 2.75) is 135 Å². The molecule has 0 aromatic heterocycles. The Kier molecular flexibility index (Phi) is 14.4. The van der Waals surface area contributed by atoms with Gasteiger partial charge in [0.05, 0.1) is 36.9 Å². The summed E-state index contributed by atoms with van der Waals surface area (Å²) in [6.07, 6.45) is -23.6. The molecule has 1 saturated carbocycles. The van der Waals surface area contributed by atoms with Crippen molar-refractivity contribution in [1.29, 1.82) is 0 Å². The monoisotopic (exact) mass is 717 g/mol. The minimum atomic E-state index is -2.17. The molecule has 0 radical (unpaired) electrons. The maximum atomic E-state index is 14.0. The van der Waals surface area contributed by atoms with Crippen LogP contribution in [-0.2, 0) is 33.2 Å². The number of alkyl halides is 1. The molecule has 4 rings (SSSR count). The Morgan fingerprint density at radius 1 is 0.776 bits per heavy atom. The molecule has 0 spiro atoms. The molecule has 3 aliphatic heterocycles. The highest BCUT2D eigenvalue weighted by molar-refractivity contribution is 5.81. The first kappa shape index (κ1) is 40.4. The maximum absolute atomic E-state index is 14.0. The molecule has 0 bridgehead atoms. The van der Waals surface area contributed by atoms with Crippen LogP contribution in [0.2, 0.25) is 0 Å². The molecular weight excluding hydrogens is 665 g/mol. The van der Waals surface area contributed by atoms with E-state index in [1.165, 1.54) is 0 Å². The number of rotatable bonds is 13. The number of ether oxygens (including phenoxy) is 6. The van der Waals surface area contributed by atoms with E-state index < -0.39 is 142 Å². The van der Waals surface area contributed by atoms with Crippen LogP contribution in [0.25, 0.3) is 0 Å². The first-order chi connectivity index (χ1) is 23.2. The van der Waals surface area contributed by atoms with Gasteiger partial charge in [-0.1, -0.05) is 0 Å². The van der Waals surface area contributed by atoms with E-state index in [2.05, 4.69) is 5.32 Å². The summed E-state index contributed by atoms with van der Waals surface area (Å²) in [6.45, 7) is -1.59. The van der Waals surface area contributed by atoms with E-state index >= 15 is 0 Å². The lowest BCUT2D eigenvalue weighted by molar-refractivity contribution is -0.295. The van der Waals surface area contributed by atoms with Crippen LogP contribution in [0.15, 0.2) is 0 Å². The second-order valence-electron chi connectivity index (χ2n) is 12.8. The number of hydrogen-bond donors (Lipinski definition) is 14. The van der Waals surface area contributed by atoms with Gasteiger partial charge in [0.2, 0.25) is 0 Å². The summed E-state index contributed by atoms with van der Waals surface area (Å²) >= 11 is 0. The minimum absolute atomic E-state index is 0.0140. The number of carbonyl (C=O) groups is 1. The predicted octanol–water partition coefficient (Wildman–Crippen LogP) is -9.05. The Labute approximate surface area is 280 Å². The average Bonchev–Trinajstić information content (AvgIpc) is 3.38. The van der Waals surface area contributed by atoms with Crippen molar-refractivity contribution < 1.29 is 73.4 Å². The van der Waals surface area contributed by atoms with Gasteiger partial charge in [-0.2, -0.15) is 0 Å². The Hall–Kier alpha value is -1.36. The number of carbonyl (C=O) groups excluding carboxylic acids is 1. The molecule has 49 heavy (non-hydrogen) atoms. The lowest BCUT2D eigenvalue weighted by atomic mass is 9.83. The summed E-state index contributed by atoms with van der Waals surface area (Å²) in [5, 5.41) is 76.2. The van der Waals surface area contributed by atoms with Gasteiger partial charge >= 0.3 is 0 Å². The van der Waals surface area contributed by atoms with E-state index in [1.807, 2.05) is 0 Å². The van der Waals surface area contributed by atoms with Gasteiger partial charge in [0.25, 0.3) is 5.91 Å². The van der Waals surface area contributed by atoms with Gasteiger partial charge in [-0.15, -0.1) is 0 Å². The van der Waals surface area contributed by atoms with Crippen LogP contribution in [0.1, 0.15) is 12.8 Å². The Morgan fingerprint density at radius 2 is 1.39 bits per heavy atom. The molecule has 22 heteroatoms. The van der Waals surface area contributed by atoms with Crippen molar-refractivity contribution in [3.8, 4) is 0 Å². The summed E-state index contributed by atoms with van der Waals surface area (Å²) in [5.74, 6) is -1.20. The van der Waals surface area contributed by atoms with E-state index in [4.69, 9.17) is 62.8 Å². The number of nitrogens with one attached hydrogen (secondary N) is 1. The summed E-state index contributed by atoms with van der Waals surface area (Å²) in [7, 11) is 0. The first-order valence-electron chi connectivity index (χ1n) is 16.1. The van der Waals surface area contributed by atoms with E-state index in [9.17, 15) is 44.9 Å². The summed E-state index contributed by atoms with van der Waals surface area (Å²) in [4.78, 5) is 12.6. The molecule has 1 amide bonds. The largest absolute Gasteiger partial charge is 0.394 e. The average molecular weight is 718 g/mol. The molecule has 4 aliphatic rings. The molecule has 1 aliphatic carbocycles. The number of aliphatic hydroxyl groups is 7. The molecule has 20 unspecified atom stereocenters. The van der Waals surface area contributed by atoms with Gasteiger partial charge in [-0.25, -0.2) is 4.39 Å². The second kappa shape index (κ2) is 17.4. The molecule has 21 nitrogen and oxygen atoms in total. The molecule has 286 valence electrons. The number of aliphatic hydroxyl groups excluding tert-OH is 7. The molecule has 4 fully saturated rings. The molecule has 20 atom stereocenters. The van der Waals surface area contributed by atoms with Gasteiger partial charge < -0.3 is 104 Å². The predicted molar refractivity (Wildman–Crippen MR) is 161 cm³/mol. The lowest BCUT2D eigenvalue weighted by Gasteiger charge is -2.47. The Bertz CT molecular complexity index is 1060. The third-order valence-corrected chi connectivity index (χ3v) is 9.36. The zero-order valence-corrected chi connectivity index (χ0v) is 26.6. The van der Waals surface area contributed by atoms with Gasteiger partial charge in [-0.3, -0.25) is 4.79 Å². The van der Waals surface area contributed by atoms with E-state index in [0.717, 1.165) is 0 Å². The van der Waals surface area contributed by atoms with Crippen LogP contribution in [-0.4, -0.2) is 190 Å². The summed E-state index contributed by atoms with van der Waals surface area (Å²) < 4.78 is 49.0. The maximum Gasteiger partial charge on any atom is 0.252 e. The molecule has 0 aromatic rings. The Morgan fingerprint density at radius 3 is 2.00 bits per heavy atom. The quantitative estimate of drug-likeness (QED) is 0.0840. The van der Waals surface area contributed by atoms with E-state index in [1.54, 1.807) is 0 Å². The third-order valence-electron chi connectivity index (χ3n) is 9.36. The summed E-state index contributed by atoms with van der Waals surface area (Å²) in [6, 6.07) is -4.76. The second-order valence-corrected chi connectivity index (χ2v) is 12.8. The van der Waals surface area contributed by atoms with Gasteiger partial charge in [-0.05, 0) is 6.42 Å². The van der Waals surface area contributed by atoms with Crippen molar-refractivity contribution >= 4 is 5.91 Å². The molecule has 3 heterocycles. The minimum Gasteiger partial charge on any atom is -0.394 e. The normalized spacial score (nSPS) is 47.5. The highest BCUT2D eigenvalue weighted by atomic mass is 19.1. The highest BCUT2D eigenvalue weighted by Crippen LogP contribution is 2.34. The molecular formula is C27H52FN7O14. The molecule has 20 N–H and O–H groups in total. The zero-order chi connectivity index (χ0) is 36.3. The SMILES string of the molecule is NCC1CC(O)C(N)C(OC2C(N)CC(NC(=O)C(O)C(F)CN)C(O)C2OC2OC(CO)C(OC3OC(CN)C(O)C(O)C3N)C2O)O1. The van der Waals surface area contributed by atoms with Crippen LogP contribution in [0.4, 0.5) is 4.39 Å². The van der Waals surface area contributed by atoms with Crippen LogP contribution in [0.5, 0.6) is 0 Å². The van der Waals surface area contributed by atoms with Crippen molar-refractivity contribution in [2.24, 2.45) is 34.4 Å². The number of amides is 1. The van der Waals surface area contributed by atoms with Crippen molar-refractivity contribution in [3.63, 3.8) is 0 Å². The van der Waals surface area contributed by atoms with Crippen molar-refractivity contribution in [1.82, 2.24) is 5.32 Å². The van der Waals surface area contributed by atoms with Gasteiger partial charge in [0.1, 0.15) is 61.1 Å². The van der Waals surface area contributed by atoms with Gasteiger partial charge in [0.15, 0.2) is 25.0 Å². The van der Waals surface area contributed by atoms with Crippen molar-refractivity contribution in [3.05, 3.63) is 0 Å². The van der Waals surface area contributed by atoms with Crippen LogP contribution >= 0.6 is 0 Å². The number of hydrogen-bond acceptors (Lipinski definition) is 20. The lowest BCUT2D eigenvalue weighted by Crippen LogP contribution is -2.68. The first-order valence-corrected chi connectivity index (χ1v) is 16.1. The number of halogens is 1. The fourth-order valence-electron chi connectivity index (χ4n) is 6.36. The summed E-state index contributed by atoms with van der Waals surface area (Å²) in [5.41, 5.74) is 35.1. The molecule has 0 aromatic carbocycles. The van der Waals surface area contributed by atoms with Crippen LogP contribution in [0, 0.1) is 0 Å². The van der Waals surface area contributed by atoms with Crippen molar-refractivity contribution in [2.75, 3.05) is 26.2 Å². The highest BCUT2D eigenvalue weighted by Gasteiger charge is 2.54. The van der Waals surface area contributed by atoms with Crippen LogP contribution in [0.3, 0.4) is 0 Å². The van der Waals surface area contributed by atoms with Gasteiger partial charge in [0, 0.05) is 32.1 Å². The molecule has 3 saturated heterocycles. The Balaban J connectivity index is 1.57. The zero-order valence-electron chi connectivity index (χ0n) is 26.6. The third kappa shape index (κ3) is 8.82. The smallest absolute Gasteiger partial charge is 0.252 e. The fourth-order valence-corrected chi connectivity index (χ4v) is 6.36. The topological polar surface area (TPSA) is 382 Å². The van der Waals surface area contributed by atoms with E-state index in [0.29, 0.717) is 0 Å². The standard InChI is InChI=1S/C27H52FN7O14/c28-8(4-30)16(38)24(43)35-10-2-9(32)21(47-25-14(33)11(37)1-7(3-29)44-25)23(17(10)39)49-27-20(42)22(13(6-36)46-27)48-26-15(34)19(41)18(40)12(5-31)45-26/h7-23,25-27,36-42H,1-6,29-34H2,(H,35,43).